The molecule has 0 saturated carbocycles. The molecule has 0 saturated heterocycles. The molecule has 3 heteroatoms. The molecule has 0 radical (unpaired) electrons. The third-order valence-electron chi connectivity index (χ3n) is 3.94. The van der Waals surface area contributed by atoms with Gasteiger partial charge in [-0.05, 0) is 56.1 Å². The van der Waals surface area contributed by atoms with E-state index in [9.17, 15) is 0 Å². The number of rotatable bonds is 10. The van der Waals surface area contributed by atoms with Crippen LogP contribution in [0.15, 0.2) is 48.5 Å². The number of methoxy groups -OCH3 is 1. The summed E-state index contributed by atoms with van der Waals surface area (Å²) in [4.78, 5) is 0. The zero-order valence-electron chi connectivity index (χ0n) is 14.3. The fraction of sp³-hybridized carbons (Fsp3) is 0.400. The molecule has 0 bridgehead atoms. The zero-order valence-corrected chi connectivity index (χ0v) is 14.3. The van der Waals surface area contributed by atoms with Crippen molar-refractivity contribution < 1.29 is 4.74 Å². The molecule has 3 nitrogen and oxygen atoms in total. The van der Waals surface area contributed by atoms with Crippen LogP contribution < -0.4 is 15.4 Å². The number of nitrogens with one attached hydrogen (secondary N) is 2. The van der Waals surface area contributed by atoms with Gasteiger partial charge in [0.05, 0.1) is 7.11 Å². The van der Waals surface area contributed by atoms with E-state index in [0.717, 1.165) is 44.8 Å². The third kappa shape index (κ3) is 6.85. The van der Waals surface area contributed by atoms with Gasteiger partial charge in [-0.15, -0.1) is 0 Å². The van der Waals surface area contributed by atoms with Crippen LogP contribution in [0.25, 0.3) is 0 Å². The van der Waals surface area contributed by atoms with Crippen LogP contribution in [0.3, 0.4) is 0 Å². The minimum Gasteiger partial charge on any atom is -0.497 e. The Morgan fingerprint density at radius 2 is 1.17 bits per heavy atom. The maximum absolute atomic E-state index is 5.16. The summed E-state index contributed by atoms with van der Waals surface area (Å²) in [5.41, 5.74) is 4.06. The van der Waals surface area contributed by atoms with Gasteiger partial charge >= 0.3 is 0 Å². The normalized spacial score (nSPS) is 10.7. The highest BCUT2D eigenvalue weighted by Gasteiger charge is 1.95. The molecule has 0 amide bonds. The van der Waals surface area contributed by atoms with Crippen LogP contribution >= 0.6 is 0 Å². The van der Waals surface area contributed by atoms with Crippen molar-refractivity contribution in [3.05, 3.63) is 65.2 Å². The Morgan fingerprint density at radius 1 is 0.696 bits per heavy atom. The van der Waals surface area contributed by atoms with Gasteiger partial charge in [-0.3, -0.25) is 0 Å². The van der Waals surface area contributed by atoms with E-state index in [1.807, 2.05) is 12.1 Å². The smallest absolute Gasteiger partial charge is 0.118 e. The lowest BCUT2D eigenvalue weighted by Crippen LogP contribution is -2.29. The van der Waals surface area contributed by atoms with Gasteiger partial charge in [-0.1, -0.05) is 42.0 Å². The molecule has 0 aliphatic carbocycles. The standard InChI is InChI=1S/C20H28N2O/c1-17-3-5-18(6-4-17)11-13-21-15-16-22-14-12-19-7-9-20(23-2)10-8-19/h3-10,21-22H,11-16H2,1-2H3. The quantitative estimate of drug-likeness (QED) is 0.662. The topological polar surface area (TPSA) is 33.3 Å². The number of hydrogen-bond donors (Lipinski definition) is 2. The predicted molar refractivity (Wildman–Crippen MR) is 97.3 cm³/mol. The van der Waals surface area contributed by atoms with Gasteiger partial charge in [0.25, 0.3) is 0 Å². The first-order valence-corrected chi connectivity index (χ1v) is 8.38. The molecule has 0 aliphatic heterocycles. The summed E-state index contributed by atoms with van der Waals surface area (Å²) in [6.07, 6.45) is 2.14. The molecule has 0 atom stereocenters. The molecule has 2 N–H and O–H groups in total. The molecule has 0 fully saturated rings. The van der Waals surface area contributed by atoms with Crippen molar-refractivity contribution in [3.8, 4) is 5.75 Å². The Labute approximate surface area is 140 Å². The first kappa shape index (κ1) is 17.5. The molecular formula is C20H28N2O. The lowest BCUT2D eigenvalue weighted by molar-refractivity contribution is 0.414. The highest BCUT2D eigenvalue weighted by Crippen LogP contribution is 2.11. The van der Waals surface area contributed by atoms with Crippen LogP contribution in [0.2, 0.25) is 0 Å². The predicted octanol–water partition coefficient (Wildman–Crippen LogP) is 2.97. The SMILES string of the molecule is COc1ccc(CCNCCNCCc2ccc(C)cc2)cc1. The summed E-state index contributed by atoms with van der Waals surface area (Å²) in [5, 5.41) is 6.96. The number of ether oxygens (including phenoxy) is 1. The van der Waals surface area contributed by atoms with Gasteiger partial charge in [-0.2, -0.15) is 0 Å². The van der Waals surface area contributed by atoms with Crippen LogP contribution in [0, 0.1) is 6.92 Å². The van der Waals surface area contributed by atoms with E-state index in [1.165, 1.54) is 16.7 Å². The van der Waals surface area contributed by atoms with Crippen LogP contribution in [0.4, 0.5) is 0 Å². The van der Waals surface area contributed by atoms with E-state index in [1.54, 1.807) is 7.11 Å². The van der Waals surface area contributed by atoms with Crippen molar-refractivity contribution >= 4 is 0 Å². The molecule has 124 valence electrons. The number of aryl methyl sites for hydroxylation is 1. The number of benzene rings is 2. The van der Waals surface area contributed by atoms with E-state index in [4.69, 9.17) is 4.74 Å². The minimum atomic E-state index is 0.916. The Balaban J connectivity index is 1.48. The summed E-state index contributed by atoms with van der Waals surface area (Å²) in [7, 11) is 1.70. The van der Waals surface area contributed by atoms with Gasteiger partial charge in [0, 0.05) is 13.1 Å². The van der Waals surface area contributed by atoms with E-state index >= 15 is 0 Å². The molecule has 2 rings (SSSR count). The Kier molecular flexibility index (Phi) is 7.64. The summed E-state index contributed by atoms with van der Waals surface area (Å²) in [6, 6.07) is 17.1. The van der Waals surface area contributed by atoms with Crippen molar-refractivity contribution in [2.45, 2.75) is 19.8 Å². The van der Waals surface area contributed by atoms with Crippen LogP contribution in [-0.2, 0) is 12.8 Å². The molecule has 0 aromatic heterocycles. The van der Waals surface area contributed by atoms with Crippen LogP contribution in [0.1, 0.15) is 16.7 Å². The molecule has 0 heterocycles. The van der Waals surface area contributed by atoms with Gasteiger partial charge in [0.1, 0.15) is 5.75 Å². The Bertz CT molecular complexity index is 549. The minimum absolute atomic E-state index is 0.916. The maximum atomic E-state index is 5.16. The fourth-order valence-electron chi connectivity index (χ4n) is 2.44. The molecule has 0 aliphatic rings. The monoisotopic (exact) mass is 312 g/mol. The van der Waals surface area contributed by atoms with Crippen molar-refractivity contribution in [1.29, 1.82) is 0 Å². The Hall–Kier alpha value is -1.84. The van der Waals surface area contributed by atoms with E-state index in [2.05, 4.69) is 54.0 Å². The molecular weight excluding hydrogens is 284 g/mol. The van der Waals surface area contributed by atoms with Crippen molar-refractivity contribution in [3.63, 3.8) is 0 Å². The third-order valence-corrected chi connectivity index (χ3v) is 3.94. The second-order valence-corrected chi connectivity index (χ2v) is 5.83. The van der Waals surface area contributed by atoms with Gasteiger partial charge in [-0.25, -0.2) is 0 Å². The first-order valence-electron chi connectivity index (χ1n) is 8.38. The van der Waals surface area contributed by atoms with Crippen molar-refractivity contribution in [2.75, 3.05) is 33.3 Å². The fourth-order valence-corrected chi connectivity index (χ4v) is 2.44. The first-order chi connectivity index (χ1) is 11.3. The van der Waals surface area contributed by atoms with Gasteiger partial charge < -0.3 is 15.4 Å². The molecule has 23 heavy (non-hydrogen) atoms. The Morgan fingerprint density at radius 3 is 1.65 bits per heavy atom. The largest absolute Gasteiger partial charge is 0.497 e. The van der Waals surface area contributed by atoms with Crippen molar-refractivity contribution in [2.24, 2.45) is 0 Å². The molecule has 2 aromatic rings. The highest BCUT2D eigenvalue weighted by atomic mass is 16.5. The second-order valence-electron chi connectivity index (χ2n) is 5.83. The van der Waals surface area contributed by atoms with Gasteiger partial charge in [0.15, 0.2) is 0 Å². The lowest BCUT2D eigenvalue weighted by atomic mass is 10.1. The molecule has 0 unspecified atom stereocenters. The van der Waals surface area contributed by atoms with Crippen LogP contribution in [0.5, 0.6) is 5.75 Å². The van der Waals surface area contributed by atoms with Gasteiger partial charge in [0.2, 0.25) is 0 Å². The summed E-state index contributed by atoms with van der Waals surface area (Å²) in [5.74, 6) is 0.916. The average Bonchev–Trinajstić information content (AvgIpc) is 2.59. The second kappa shape index (κ2) is 10.0. The molecule has 0 spiro atoms. The van der Waals surface area contributed by atoms with E-state index in [-0.39, 0.29) is 0 Å². The average molecular weight is 312 g/mol. The lowest BCUT2D eigenvalue weighted by Gasteiger charge is -2.08. The summed E-state index contributed by atoms with van der Waals surface area (Å²) < 4.78 is 5.16. The van der Waals surface area contributed by atoms with E-state index < -0.39 is 0 Å². The molecule has 2 aromatic carbocycles. The van der Waals surface area contributed by atoms with E-state index in [0.29, 0.717) is 0 Å². The highest BCUT2D eigenvalue weighted by molar-refractivity contribution is 5.27. The number of hydrogen-bond acceptors (Lipinski definition) is 3. The summed E-state index contributed by atoms with van der Waals surface area (Å²) >= 11 is 0. The summed E-state index contributed by atoms with van der Waals surface area (Å²) in [6.45, 7) is 6.17. The maximum Gasteiger partial charge on any atom is 0.118 e. The zero-order chi connectivity index (χ0) is 16.3. The van der Waals surface area contributed by atoms with Crippen LogP contribution in [-0.4, -0.2) is 33.3 Å². The van der Waals surface area contributed by atoms with Crippen molar-refractivity contribution in [1.82, 2.24) is 10.6 Å².